The molecule has 0 bridgehead atoms. The van der Waals surface area contributed by atoms with Crippen LogP contribution in [0.4, 0.5) is 4.39 Å². The number of hydrogen-bond acceptors (Lipinski definition) is 4. The summed E-state index contributed by atoms with van der Waals surface area (Å²) in [6.45, 7) is 0.427. The highest BCUT2D eigenvalue weighted by Crippen LogP contribution is 2.33. The maximum Gasteiger partial charge on any atom is 0.269 e. The summed E-state index contributed by atoms with van der Waals surface area (Å²) in [6, 6.07) is 19.5. The van der Waals surface area contributed by atoms with Gasteiger partial charge < -0.3 is 15.7 Å². The molecule has 3 atom stereocenters. The second-order valence-corrected chi connectivity index (χ2v) is 7.11. The van der Waals surface area contributed by atoms with Crippen molar-refractivity contribution in [1.82, 2.24) is 15.6 Å². The lowest BCUT2D eigenvalue weighted by Crippen LogP contribution is -2.64. The predicted octanol–water partition coefficient (Wildman–Crippen LogP) is 2.73. The summed E-state index contributed by atoms with van der Waals surface area (Å²) < 4.78 is 14.0. The Balaban J connectivity index is 1.45. The highest BCUT2D eigenvalue weighted by Gasteiger charge is 2.40. The fourth-order valence-electron chi connectivity index (χ4n) is 3.83. The Morgan fingerprint density at radius 1 is 1.03 bits per heavy atom. The molecule has 6 heteroatoms. The van der Waals surface area contributed by atoms with E-state index in [9.17, 15) is 14.3 Å². The standard InChI is InChI=1S/C23H22FN3O2/c24-18-6-2-1-5-17(18)15-8-10-16(11-9-15)22-20(27-21(22)14-28)13-26-23(29)19-7-3-4-12-25-19/h1-12,20-22,27-28H,13-14H2,(H,26,29)/t20-,21+,22+/m1/s1. The molecule has 1 amide bonds. The second kappa shape index (κ2) is 8.51. The van der Waals surface area contributed by atoms with Gasteiger partial charge >= 0.3 is 0 Å². The van der Waals surface area contributed by atoms with Gasteiger partial charge in [0.25, 0.3) is 5.91 Å². The Bertz CT molecular complexity index is 979. The Kier molecular flexibility index (Phi) is 5.64. The third-order valence-electron chi connectivity index (χ3n) is 5.35. The zero-order valence-corrected chi connectivity index (χ0v) is 15.8. The number of benzene rings is 2. The number of nitrogens with zero attached hydrogens (tertiary/aromatic N) is 1. The van der Waals surface area contributed by atoms with Crippen LogP contribution < -0.4 is 10.6 Å². The molecule has 0 radical (unpaired) electrons. The van der Waals surface area contributed by atoms with Gasteiger partial charge in [-0.1, -0.05) is 48.5 Å². The zero-order chi connectivity index (χ0) is 20.2. The van der Waals surface area contributed by atoms with E-state index in [4.69, 9.17) is 0 Å². The molecule has 5 nitrogen and oxygen atoms in total. The average Bonchev–Trinajstić information content (AvgIpc) is 2.75. The van der Waals surface area contributed by atoms with Crippen molar-refractivity contribution in [1.29, 1.82) is 0 Å². The van der Waals surface area contributed by atoms with E-state index in [1.165, 1.54) is 6.07 Å². The molecule has 2 aromatic carbocycles. The molecule has 148 valence electrons. The minimum Gasteiger partial charge on any atom is -0.395 e. The lowest BCUT2D eigenvalue weighted by molar-refractivity contribution is 0.0905. The lowest BCUT2D eigenvalue weighted by atomic mass is 9.77. The minimum absolute atomic E-state index is 0.000811. The van der Waals surface area contributed by atoms with Crippen molar-refractivity contribution in [2.24, 2.45) is 0 Å². The van der Waals surface area contributed by atoms with E-state index in [2.05, 4.69) is 15.6 Å². The number of pyridine rings is 1. The third-order valence-corrected chi connectivity index (χ3v) is 5.35. The van der Waals surface area contributed by atoms with Gasteiger partial charge in [-0.25, -0.2) is 4.39 Å². The molecule has 3 aromatic rings. The summed E-state index contributed by atoms with van der Waals surface area (Å²) in [5, 5.41) is 15.8. The van der Waals surface area contributed by atoms with Gasteiger partial charge in [-0.3, -0.25) is 9.78 Å². The molecule has 1 aliphatic heterocycles. The van der Waals surface area contributed by atoms with Crippen molar-refractivity contribution >= 4 is 5.91 Å². The maximum atomic E-state index is 14.0. The monoisotopic (exact) mass is 391 g/mol. The number of aromatic nitrogens is 1. The van der Waals surface area contributed by atoms with Gasteiger partial charge in [0.2, 0.25) is 0 Å². The first kappa shape index (κ1) is 19.2. The summed E-state index contributed by atoms with van der Waals surface area (Å²) in [6.07, 6.45) is 1.58. The van der Waals surface area contributed by atoms with Crippen LogP contribution in [0, 0.1) is 5.82 Å². The predicted molar refractivity (Wildman–Crippen MR) is 109 cm³/mol. The molecule has 1 aliphatic rings. The van der Waals surface area contributed by atoms with Crippen LogP contribution in [0.3, 0.4) is 0 Å². The summed E-state index contributed by atoms with van der Waals surface area (Å²) >= 11 is 0. The van der Waals surface area contributed by atoms with Crippen LogP contribution in [0.25, 0.3) is 11.1 Å². The highest BCUT2D eigenvalue weighted by atomic mass is 19.1. The van der Waals surface area contributed by atoms with E-state index in [1.807, 2.05) is 30.3 Å². The number of aliphatic hydroxyl groups excluding tert-OH is 1. The van der Waals surface area contributed by atoms with Crippen LogP contribution in [0.15, 0.2) is 72.9 Å². The van der Waals surface area contributed by atoms with E-state index < -0.39 is 0 Å². The first-order valence-electron chi connectivity index (χ1n) is 9.58. The fourth-order valence-corrected chi connectivity index (χ4v) is 3.83. The van der Waals surface area contributed by atoms with Gasteiger partial charge in [-0.2, -0.15) is 0 Å². The molecule has 1 saturated heterocycles. The molecule has 0 saturated carbocycles. The SMILES string of the molecule is O=C(NC[C@H]1N[C@@H](CO)[C@H]1c1ccc(-c2ccccc2F)cc1)c1ccccn1. The van der Waals surface area contributed by atoms with E-state index in [0.717, 1.165) is 11.1 Å². The molecular formula is C23H22FN3O2. The summed E-state index contributed by atoms with van der Waals surface area (Å²) in [5.74, 6) is -0.430. The molecule has 0 spiro atoms. The van der Waals surface area contributed by atoms with Gasteiger partial charge in [0.05, 0.1) is 6.61 Å². The molecule has 0 aliphatic carbocycles. The average molecular weight is 391 g/mol. The van der Waals surface area contributed by atoms with E-state index in [-0.39, 0.29) is 36.3 Å². The third kappa shape index (κ3) is 4.04. The largest absolute Gasteiger partial charge is 0.395 e. The van der Waals surface area contributed by atoms with Crippen molar-refractivity contribution < 1.29 is 14.3 Å². The molecule has 0 unspecified atom stereocenters. The summed E-state index contributed by atoms with van der Waals surface area (Å²) in [7, 11) is 0. The fraction of sp³-hybridized carbons (Fsp3) is 0.217. The van der Waals surface area contributed by atoms with Crippen molar-refractivity contribution in [3.05, 3.63) is 90.0 Å². The first-order valence-corrected chi connectivity index (χ1v) is 9.58. The first-order chi connectivity index (χ1) is 14.2. The van der Waals surface area contributed by atoms with Gasteiger partial charge in [0.15, 0.2) is 0 Å². The summed E-state index contributed by atoms with van der Waals surface area (Å²) in [5.41, 5.74) is 2.78. The van der Waals surface area contributed by atoms with Crippen molar-refractivity contribution in [2.45, 2.75) is 18.0 Å². The van der Waals surface area contributed by atoms with E-state index in [1.54, 1.807) is 36.5 Å². The molecular weight excluding hydrogens is 369 g/mol. The number of hydrogen-bond donors (Lipinski definition) is 3. The van der Waals surface area contributed by atoms with Crippen molar-refractivity contribution in [3.63, 3.8) is 0 Å². The van der Waals surface area contributed by atoms with Gasteiger partial charge in [0, 0.05) is 36.3 Å². The molecule has 29 heavy (non-hydrogen) atoms. The van der Waals surface area contributed by atoms with Gasteiger partial charge in [0.1, 0.15) is 11.5 Å². The van der Waals surface area contributed by atoms with Crippen LogP contribution in [0.2, 0.25) is 0 Å². The van der Waals surface area contributed by atoms with Crippen LogP contribution >= 0.6 is 0 Å². The topological polar surface area (TPSA) is 74.2 Å². The number of halogens is 1. The molecule has 1 aromatic heterocycles. The Morgan fingerprint density at radius 2 is 1.79 bits per heavy atom. The lowest BCUT2D eigenvalue weighted by Gasteiger charge is -2.46. The van der Waals surface area contributed by atoms with Gasteiger partial charge in [-0.05, 0) is 29.3 Å². The maximum absolute atomic E-state index is 14.0. The van der Waals surface area contributed by atoms with Crippen LogP contribution in [0.1, 0.15) is 22.0 Å². The number of aliphatic hydroxyl groups is 1. The van der Waals surface area contributed by atoms with Crippen molar-refractivity contribution in [2.75, 3.05) is 13.2 Å². The summed E-state index contributed by atoms with van der Waals surface area (Å²) in [4.78, 5) is 16.3. The van der Waals surface area contributed by atoms with Gasteiger partial charge in [-0.15, -0.1) is 0 Å². The number of carbonyl (C=O) groups excluding carboxylic acids is 1. The van der Waals surface area contributed by atoms with Crippen LogP contribution in [-0.2, 0) is 0 Å². The Labute approximate surface area is 168 Å². The smallest absolute Gasteiger partial charge is 0.269 e. The number of amides is 1. The number of nitrogens with one attached hydrogen (secondary N) is 2. The van der Waals surface area contributed by atoms with E-state index in [0.29, 0.717) is 17.8 Å². The minimum atomic E-state index is -0.256. The molecule has 4 rings (SSSR count). The normalized spacial score (nSPS) is 20.7. The quantitative estimate of drug-likeness (QED) is 0.604. The van der Waals surface area contributed by atoms with Crippen LogP contribution in [-0.4, -0.2) is 41.2 Å². The van der Waals surface area contributed by atoms with E-state index >= 15 is 0 Å². The highest BCUT2D eigenvalue weighted by molar-refractivity contribution is 5.92. The zero-order valence-electron chi connectivity index (χ0n) is 15.8. The Morgan fingerprint density at radius 3 is 2.48 bits per heavy atom. The second-order valence-electron chi connectivity index (χ2n) is 7.11. The Hall–Kier alpha value is -3.09. The van der Waals surface area contributed by atoms with Crippen LogP contribution in [0.5, 0.6) is 0 Å². The molecule has 1 fully saturated rings. The number of carbonyl (C=O) groups is 1. The molecule has 3 N–H and O–H groups in total. The number of rotatable bonds is 6. The van der Waals surface area contributed by atoms with Crippen molar-refractivity contribution in [3.8, 4) is 11.1 Å². The molecule has 2 heterocycles.